The van der Waals surface area contributed by atoms with Crippen LogP contribution in [0.3, 0.4) is 0 Å². The van der Waals surface area contributed by atoms with E-state index in [9.17, 15) is 4.79 Å². The van der Waals surface area contributed by atoms with Crippen LogP contribution in [0.4, 0.5) is 5.95 Å². The van der Waals surface area contributed by atoms with Gasteiger partial charge in [0.15, 0.2) is 0 Å². The topological polar surface area (TPSA) is 62.2 Å². The lowest BCUT2D eigenvalue weighted by atomic mass is 10.3. The molecule has 98 valence electrons. The van der Waals surface area contributed by atoms with Crippen LogP contribution >= 0.6 is 11.3 Å². The van der Waals surface area contributed by atoms with Gasteiger partial charge in [-0.15, -0.1) is 11.3 Å². The molecule has 3 rings (SSSR count). The highest BCUT2D eigenvalue weighted by Crippen LogP contribution is 2.12. The number of thiazole rings is 1. The largest absolute Gasteiger partial charge is 0.337 e. The molecule has 19 heavy (non-hydrogen) atoms. The Kier molecular flexibility index (Phi) is 3.37. The van der Waals surface area contributed by atoms with Crippen LogP contribution in [0, 0.1) is 0 Å². The van der Waals surface area contributed by atoms with E-state index in [0.717, 1.165) is 19.0 Å². The second kappa shape index (κ2) is 5.31. The number of anilines is 1. The second-order valence-corrected chi connectivity index (χ2v) is 4.92. The van der Waals surface area contributed by atoms with Crippen LogP contribution in [0.2, 0.25) is 0 Å². The molecule has 2 aromatic heterocycles. The van der Waals surface area contributed by atoms with E-state index in [0.29, 0.717) is 18.8 Å². The van der Waals surface area contributed by atoms with Crippen molar-refractivity contribution in [2.75, 3.05) is 31.1 Å². The van der Waals surface area contributed by atoms with Crippen LogP contribution in [0.15, 0.2) is 29.4 Å². The first-order chi connectivity index (χ1) is 9.34. The molecule has 6 nitrogen and oxygen atoms in total. The molecule has 0 radical (unpaired) electrons. The first-order valence-electron chi connectivity index (χ1n) is 6.04. The quantitative estimate of drug-likeness (QED) is 0.814. The van der Waals surface area contributed by atoms with Gasteiger partial charge < -0.3 is 9.80 Å². The van der Waals surface area contributed by atoms with Gasteiger partial charge in [-0.3, -0.25) is 4.79 Å². The van der Waals surface area contributed by atoms with Gasteiger partial charge in [0.2, 0.25) is 5.95 Å². The molecule has 0 atom stereocenters. The maximum Gasteiger partial charge on any atom is 0.273 e. The van der Waals surface area contributed by atoms with E-state index in [1.165, 1.54) is 11.3 Å². The summed E-state index contributed by atoms with van der Waals surface area (Å²) >= 11 is 1.44. The molecular weight excluding hydrogens is 262 g/mol. The summed E-state index contributed by atoms with van der Waals surface area (Å²) in [6.45, 7) is 2.85. The maximum atomic E-state index is 12.1. The van der Waals surface area contributed by atoms with Crippen molar-refractivity contribution in [3.63, 3.8) is 0 Å². The molecule has 3 heterocycles. The zero-order valence-electron chi connectivity index (χ0n) is 10.3. The summed E-state index contributed by atoms with van der Waals surface area (Å²) < 4.78 is 0. The Hall–Kier alpha value is -2.02. The van der Waals surface area contributed by atoms with Crippen LogP contribution in [0.25, 0.3) is 0 Å². The van der Waals surface area contributed by atoms with Crippen molar-refractivity contribution in [3.05, 3.63) is 35.0 Å². The lowest BCUT2D eigenvalue weighted by Crippen LogP contribution is -2.49. The van der Waals surface area contributed by atoms with Gasteiger partial charge in [-0.25, -0.2) is 15.0 Å². The van der Waals surface area contributed by atoms with E-state index >= 15 is 0 Å². The van der Waals surface area contributed by atoms with Gasteiger partial charge in [0.05, 0.1) is 5.51 Å². The fraction of sp³-hybridized carbons (Fsp3) is 0.333. The number of carbonyl (C=O) groups is 1. The van der Waals surface area contributed by atoms with E-state index < -0.39 is 0 Å². The summed E-state index contributed by atoms with van der Waals surface area (Å²) in [7, 11) is 0. The molecule has 1 aliphatic rings. The Balaban J connectivity index is 1.62. The Labute approximate surface area is 114 Å². The Morgan fingerprint density at radius 3 is 2.47 bits per heavy atom. The molecule has 1 amide bonds. The number of rotatable bonds is 2. The fourth-order valence-corrected chi connectivity index (χ4v) is 2.57. The van der Waals surface area contributed by atoms with Crippen molar-refractivity contribution in [1.29, 1.82) is 0 Å². The summed E-state index contributed by atoms with van der Waals surface area (Å²) in [6, 6.07) is 1.80. The lowest BCUT2D eigenvalue weighted by molar-refractivity contribution is 0.0741. The summed E-state index contributed by atoms with van der Waals surface area (Å²) in [5.41, 5.74) is 2.22. The number of aromatic nitrogens is 3. The van der Waals surface area contributed by atoms with Crippen LogP contribution in [-0.4, -0.2) is 51.9 Å². The molecule has 0 saturated carbocycles. The minimum Gasteiger partial charge on any atom is -0.337 e. The number of amides is 1. The van der Waals surface area contributed by atoms with Gasteiger partial charge in [-0.05, 0) is 6.07 Å². The average Bonchev–Trinajstić information content (AvgIpc) is 3.02. The molecule has 0 aromatic carbocycles. The average molecular weight is 275 g/mol. The Morgan fingerprint density at radius 2 is 1.84 bits per heavy atom. The summed E-state index contributed by atoms with van der Waals surface area (Å²) in [6.07, 6.45) is 3.46. The lowest BCUT2D eigenvalue weighted by Gasteiger charge is -2.34. The van der Waals surface area contributed by atoms with E-state index in [2.05, 4.69) is 19.9 Å². The van der Waals surface area contributed by atoms with Crippen molar-refractivity contribution in [2.45, 2.75) is 0 Å². The third-order valence-corrected chi connectivity index (χ3v) is 3.64. The zero-order chi connectivity index (χ0) is 13.1. The van der Waals surface area contributed by atoms with Crippen LogP contribution in [0.1, 0.15) is 10.5 Å². The SMILES string of the molecule is O=C(c1cscn1)N1CCN(c2ncccn2)CC1. The molecule has 0 spiro atoms. The van der Waals surface area contributed by atoms with E-state index in [1.807, 2.05) is 4.90 Å². The van der Waals surface area contributed by atoms with E-state index in [4.69, 9.17) is 0 Å². The molecule has 1 aliphatic heterocycles. The van der Waals surface area contributed by atoms with Gasteiger partial charge in [0.25, 0.3) is 5.91 Å². The van der Waals surface area contributed by atoms with Crippen molar-refractivity contribution < 1.29 is 4.79 Å². The normalized spacial score (nSPS) is 15.6. The third kappa shape index (κ3) is 2.55. The van der Waals surface area contributed by atoms with Gasteiger partial charge in [0, 0.05) is 44.0 Å². The molecule has 0 bridgehead atoms. The highest BCUT2D eigenvalue weighted by molar-refractivity contribution is 7.07. The minimum atomic E-state index is 0.00915. The smallest absolute Gasteiger partial charge is 0.273 e. The van der Waals surface area contributed by atoms with Gasteiger partial charge >= 0.3 is 0 Å². The highest BCUT2D eigenvalue weighted by Gasteiger charge is 2.24. The number of carbonyl (C=O) groups excluding carboxylic acids is 1. The molecule has 0 unspecified atom stereocenters. The molecule has 1 fully saturated rings. The predicted molar refractivity (Wildman–Crippen MR) is 72.3 cm³/mol. The first kappa shape index (κ1) is 12.0. The number of nitrogens with zero attached hydrogens (tertiary/aromatic N) is 5. The van der Waals surface area contributed by atoms with Crippen molar-refractivity contribution in [3.8, 4) is 0 Å². The molecule has 0 N–H and O–H groups in total. The van der Waals surface area contributed by atoms with Crippen LogP contribution in [0.5, 0.6) is 0 Å². The predicted octanol–water partition coefficient (Wildman–Crippen LogP) is 0.895. The molecule has 1 saturated heterocycles. The first-order valence-corrected chi connectivity index (χ1v) is 6.98. The molecular formula is C12H13N5OS. The molecule has 2 aromatic rings. The standard InChI is InChI=1S/C12H13N5OS/c18-11(10-8-19-9-15-10)16-4-6-17(7-5-16)12-13-2-1-3-14-12/h1-3,8-9H,4-7H2. The molecule has 7 heteroatoms. The van der Waals surface area contributed by atoms with Crippen molar-refractivity contribution in [2.24, 2.45) is 0 Å². The minimum absolute atomic E-state index is 0.00915. The number of hydrogen-bond acceptors (Lipinski definition) is 6. The Morgan fingerprint density at radius 1 is 1.11 bits per heavy atom. The maximum absolute atomic E-state index is 12.1. The van der Waals surface area contributed by atoms with Gasteiger partial charge in [0.1, 0.15) is 5.69 Å². The zero-order valence-corrected chi connectivity index (χ0v) is 11.1. The van der Waals surface area contributed by atoms with Crippen molar-refractivity contribution >= 4 is 23.2 Å². The number of hydrogen-bond donors (Lipinski definition) is 0. The molecule has 0 aliphatic carbocycles. The fourth-order valence-electron chi connectivity index (χ4n) is 2.04. The third-order valence-electron chi connectivity index (χ3n) is 3.05. The summed E-state index contributed by atoms with van der Waals surface area (Å²) in [5.74, 6) is 0.734. The van der Waals surface area contributed by atoms with Crippen molar-refractivity contribution in [1.82, 2.24) is 19.9 Å². The monoisotopic (exact) mass is 275 g/mol. The summed E-state index contributed by atoms with van der Waals surface area (Å²) in [4.78, 5) is 28.5. The second-order valence-electron chi connectivity index (χ2n) is 4.20. The highest BCUT2D eigenvalue weighted by atomic mass is 32.1. The summed E-state index contributed by atoms with van der Waals surface area (Å²) in [5, 5.41) is 1.79. The van der Waals surface area contributed by atoms with Crippen LogP contribution < -0.4 is 4.90 Å². The van der Waals surface area contributed by atoms with Gasteiger partial charge in [-0.2, -0.15) is 0 Å². The van der Waals surface area contributed by atoms with E-state index in [-0.39, 0.29) is 5.91 Å². The van der Waals surface area contributed by atoms with E-state index in [1.54, 1.807) is 29.4 Å². The Bertz CT molecular complexity index is 537. The number of piperazine rings is 1. The van der Waals surface area contributed by atoms with Gasteiger partial charge in [-0.1, -0.05) is 0 Å². The van der Waals surface area contributed by atoms with Crippen LogP contribution in [-0.2, 0) is 0 Å².